The minimum absolute atomic E-state index is 0.0343. The molecule has 0 bridgehead atoms. The molecule has 0 atom stereocenters. The molecule has 0 aromatic carbocycles. The Morgan fingerprint density at radius 2 is 2.08 bits per heavy atom. The van der Waals surface area contributed by atoms with Crippen molar-refractivity contribution in [2.24, 2.45) is 5.92 Å². The lowest BCUT2D eigenvalue weighted by molar-refractivity contribution is 0.0437. The van der Waals surface area contributed by atoms with Crippen LogP contribution in [-0.2, 0) is 6.54 Å². The van der Waals surface area contributed by atoms with Gasteiger partial charge >= 0.3 is 0 Å². The Morgan fingerprint density at radius 3 is 2.79 bits per heavy atom. The maximum Gasteiger partial charge on any atom is 0.289 e. The zero-order valence-electron chi connectivity index (χ0n) is 13.4. The van der Waals surface area contributed by atoms with Crippen molar-refractivity contribution in [3.05, 3.63) is 60.6 Å². The van der Waals surface area contributed by atoms with Crippen LogP contribution in [0.1, 0.15) is 16.2 Å². The van der Waals surface area contributed by atoms with Crippen LogP contribution in [0, 0.1) is 12.8 Å². The molecule has 0 unspecified atom stereocenters. The molecule has 0 spiro atoms. The van der Waals surface area contributed by atoms with Gasteiger partial charge < -0.3 is 13.9 Å². The van der Waals surface area contributed by atoms with Gasteiger partial charge in [-0.2, -0.15) is 0 Å². The SMILES string of the molecule is Cc1cnc(-c2ccncc2)n1CC1CN(C(=O)c2ccco2)C1. The Labute approximate surface area is 139 Å². The second-order valence-corrected chi connectivity index (χ2v) is 6.12. The van der Waals surface area contributed by atoms with Crippen LogP contribution < -0.4 is 0 Å². The van der Waals surface area contributed by atoms with Gasteiger partial charge in [0.1, 0.15) is 5.82 Å². The lowest BCUT2D eigenvalue weighted by Crippen LogP contribution is -2.51. The minimum atomic E-state index is -0.0343. The molecule has 1 amide bonds. The molecule has 1 aliphatic rings. The Bertz CT molecular complexity index is 833. The van der Waals surface area contributed by atoms with Crippen molar-refractivity contribution in [2.45, 2.75) is 13.5 Å². The zero-order valence-corrected chi connectivity index (χ0v) is 13.4. The lowest BCUT2D eigenvalue weighted by atomic mass is 9.99. The Kier molecular flexibility index (Phi) is 3.65. The van der Waals surface area contributed by atoms with Crippen molar-refractivity contribution < 1.29 is 9.21 Å². The van der Waals surface area contributed by atoms with E-state index in [0.717, 1.165) is 36.7 Å². The standard InChI is InChI=1S/C18H18N4O2/c1-13-9-20-17(15-4-6-19-7-5-15)22(13)12-14-10-21(11-14)18(23)16-3-2-8-24-16/h2-9,14H,10-12H2,1H3. The summed E-state index contributed by atoms with van der Waals surface area (Å²) in [6.07, 6.45) is 6.97. The van der Waals surface area contributed by atoms with Gasteiger partial charge in [0.25, 0.3) is 5.91 Å². The van der Waals surface area contributed by atoms with Gasteiger partial charge in [-0.3, -0.25) is 9.78 Å². The summed E-state index contributed by atoms with van der Waals surface area (Å²) >= 11 is 0. The average Bonchev–Trinajstić information content (AvgIpc) is 3.21. The third-order valence-electron chi connectivity index (χ3n) is 4.41. The molecule has 0 saturated carbocycles. The minimum Gasteiger partial charge on any atom is -0.459 e. The highest BCUT2D eigenvalue weighted by molar-refractivity contribution is 5.91. The van der Waals surface area contributed by atoms with Crippen molar-refractivity contribution in [3.8, 4) is 11.4 Å². The second-order valence-electron chi connectivity index (χ2n) is 6.12. The molecular formula is C18H18N4O2. The zero-order chi connectivity index (χ0) is 16.5. The molecule has 0 aliphatic carbocycles. The first-order chi connectivity index (χ1) is 11.7. The van der Waals surface area contributed by atoms with E-state index in [4.69, 9.17) is 4.42 Å². The highest BCUT2D eigenvalue weighted by atomic mass is 16.3. The number of hydrogen-bond donors (Lipinski definition) is 0. The first-order valence-electron chi connectivity index (χ1n) is 7.97. The Balaban J connectivity index is 1.45. The maximum absolute atomic E-state index is 12.2. The van der Waals surface area contributed by atoms with Crippen LogP contribution in [0.2, 0.25) is 0 Å². The average molecular weight is 322 g/mol. The van der Waals surface area contributed by atoms with E-state index in [9.17, 15) is 4.79 Å². The quantitative estimate of drug-likeness (QED) is 0.741. The molecule has 1 saturated heterocycles. The van der Waals surface area contributed by atoms with Crippen molar-refractivity contribution in [1.29, 1.82) is 0 Å². The van der Waals surface area contributed by atoms with Crippen LogP contribution in [0.15, 0.2) is 53.5 Å². The predicted molar refractivity (Wildman–Crippen MR) is 88.3 cm³/mol. The van der Waals surface area contributed by atoms with E-state index in [2.05, 4.69) is 21.5 Å². The molecule has 4 rings (SSSR count). The molecule has 0 radical (unpaired) electrons. The smallest absolute Gasteiger partial charge is 0.289 e. The van der Waals surface area contributed by atoms with Crippen molar-refractivity contribution in [3.63, 3.8) is 0 Å². The lowest BCUT2D eigenvalue weighted by Gasteiger charge is -2.39. The van der Waals surface area contributed by atoms with Crippen LogP contribution in [0.25, 0.3) is 11.4 Å². The molecule has 3 aromatic rings. The number of furan rings is 1. The van der Waals surface area contributed by atoms with Crippen LogP contribution in [-0.4, -0.2) is 38.4 Å². The third kappa shape index (κ3) is 2.60. The first-order valence-corrected chi connectivity index (χ1v) is 7.97. The molecule has 24 heavy (non-hydrogen) atoms. The number of carbonyl (C=O) groups is 1. The van der Waals surface area contributed by atoms with E-state index in [1.165, 1.54) is 6.26 Å². The second kappa shape index (κ2) is 5.96. The van der Waals surface area contributed by atoms with Crippen LogP contribution in [0.4, 0.5) is 0 Å². The van der Waals surface area contributed by atoms with Gasteiger partial charge in [0.15, 0.2) is 5.76 Å². The fourth-order valence-corrected chi connectivity index (χ4v) is 3.09. The number of rotatable bonds is 4. The van der Waals surface area contributed by atoms with Gasteiger partial charge in [0.05, 0.1) is 6.26 Å². The van der Waals surface area contributed by atoms with E-state index >= 15 is 0 Å². The van der Waals surface area contributed by atoms with Gasteiger partial charge in [-0.05, 0) is 31.2 Å². The topological polar surface area (TPSA) is 64.2 Å². The molecular weight excluding hydrogens is 304 g/mol. The predicted octanol–water partition coefficient (Wildman–Crippen LogP) is 2.62. The van der Waals surface area contributed by atoms with Gasteiger partial charge in [-0.25, -0.2) is 4.98 Å². The van der Waals surface area contributed by atoms with Crippen LogP contribution >= 0.6 is 0 Å². The number of carbonyl (C=O) groups excluding carboxylic acids is 1. The van der Waals surface area contributed by atoms with Crippen LogP contribution in [0.3, 0.4) is 0 Å². The van der Waals surface area contributed by atoms with E-state index in [-0.39, 0.29) is 5.91 Å². The molecule has 3 aromatic heterocycles. The number of pyridine rings is 1. The maximum atomic E-state index is 12.2. The molecule has 1 fully saturated rings. The Hall–Kier alpha value is -2.89. The molecule has 1 aliphatic heterocycles. The van der Waals surface area contributed by atoms with Gasteiger partial charge in [-0.1, -0.05) is 0 Å². The van der Waals surface area contributed by atoms with Crippen molar-refractivity contribution in [1.82, 2.24) is 19.4 Å². The first kappa shape index (κ1) is 14.7. The fraction of sp³-hybridized carbons (Fsp3) is 0.278. The van der Waals surface area contributed by atoms with Gasteiger partial charge in [-0.15, -0.1) is 0 Å². The fourth-order valence-electron chi connectivity index (χ4n) is 3.09. The molecule has 4 heterocycles. The number of aryl methyl sites for hydroxylation is 1. The third-order valence-corrected chi connectivity index (χ3v) is 4.41. The number of likely N-dealkylation sites (tertiary alicyclic amines) is 1. The normalized spacial score (nSPS) is 14.6. The highest BCUT2D eigenvalue weighted by Crippen LogP contribution is 2.25. The Morgan fingerprint density at radius 1 is 1.29 bits per heavy atom. The molecule has 0 N–H and O–H groups in total. The largest absolute Gasteiger partial charge is 0.459 e. The van der Waals surface area contributed by atoms with Crippen molar-refractivity contribution >= 4 is 5.91 Å². The number of imidazole rings is 1. The van der Waals surface area contributed by atoms with E-state index in [1.807, 2.05) is 23.2 Å². The number of amides is 1. The van der Waals surface area contributed by atoms with E-state index in [0.29, 0.717) is 11.7 Å². The summed E-state index contributed by atoms with van der Waals surface area (Å²) < 4.78 is 7.39. The monoisotopic (exact) mass is 322 g/mol. The van der Waals surface area contributed by atoms with Crippen LogP contribution in [0.5, 0.6) is 0 Å². The van der Waals surface area contributed by atoms with E-state index < -0.39 is 0 Å². The number of hydrogen-bond acceptors (Lipinski definition) is 4. The number of aromatic nitrogens is 3. The summed E-state index contributed by atoms with van der Waals surface area (Å²) in [5.74, 6) is 1.75. The summed E-state index contributed by atoms with van der Waals surface area (Å²) in [6.45, 7) is 4.40. The summed E-state index contributed by atoms with van der Waals surface area (Å²) in [6, 6.07) is 7.37. The summed E-state index contributed by atoms with van der Waals surface area (Å²) in [4.78, 5) is 22.6. The number of nitrogens with zero attached hydrogens (tertiary/aromatic N) is 4. The summed E-state index contributed by atoms with van der Waals surface area (Å²) in [7, 11) is 0. The summed E-state index contributed by atoms with van der Waals surface area (Å²) in [5.41, 5.74) is 2.18. The summed E-state index contributed by atoms with van der Waals surface area (Å²) in [5, 5.41) is 0. The highest BCUT2D eigenvalue weighted by Gasteiger charge is 2.33. The molecule has 122 valence electrons. The van der Waals surface area contributed by atoms with Gasteiger partial charge in [0, 0.05) is 55.4 Å². The molecule has 6 nitrogen and oxygen atoms in total. The van der Waals surface area contributed by atoms with Crippen molar-refractivity contribution in [2.75, 3.05) is 13.1 Å². The van der Waals surface area contributed by atoms with Gasteiger partial charge in [0.2, 0.25) is 0 Å². The van der Waals surface area contributed by atoms with E-state index in [1.54, 1.807) is 24.5 Å². The molecule has 6 heteroatoms.